The fraction of sp³-hybridized carbons (Fsp3) is 0.368. The van der Waals surface area contributed by atoms with E-state index in [4.69, 9.17) is 14.6 Å². The maximum atomic E-state index is 8.90. The van der Waals surface area contributed by atoms with Gasteiger partial charge in [0, 0.05) is 25.2 Å². The average Bonchev–Trinajstić information content (AvgIpc) is 2.53. The van der Waals surface area contributed by atoms with Crippen molar-refractivity contribution in [3.63, 3.8) is 0 Å². The van der Waals surface area contributed by atoms with Crippen molar-refractivity contribution in [2.24, 2.45) is 0 Å². The first-order valence-electron chi connectivity index (χ1n) is 8.02. The molecule has 2 aromatic rings. The van der Waals surface area contributed by atoms with Crippen LogP contribution in [0.3, 0.4) is 0 Å². The molecule has 122 valence electrons. The zero-order valence-electron chi connectivity index (χ0n) is 13.4. The lowest BCUT2D eigenvalue weighted by Crippen LogP contribution is -2.53. The average molecular weight is 313 g/mol. The van der Waals surface area contributed by atoms with Crippen molar-refractivity contribution in [2.45, 2.75) is 19.6 Å². The second-order valence-corrected chi connectivity index (χ2v) is 5.88. The molecule has 4 heteroatoms. The minimum atomic E-state index is 0.0321. The van der Waals surface area contributed by atoms with E-state index in [0.29, 0.717) is 6.61 Å². The van der Waals surface area contributed by atoms with E-state index in [0.717, 1.165) is 36.7 Å². The van der Waals surface area contributed by atoms with Crippen LogP contribution < -0.4 is 9.47 Å². The zero-order chi connectivity index (χ0) is 16.1. The molecule has 2 aromatic carbocycles. The molecule has 3 rings (SSSR count). The molecular formula is C19H23NO3. The molecule has 0 bridgehead atoms. The molecule has 0 unspecified atom stereocenters. The number of aliphatic hydroxyl groups excluding tert-OH is 1. The first kappa shape index (κ1) is 15.8. The molecule has 0 aliphatic carbocycles. The maximum absolute atomic E-state index is 8.90. The predicted octanol–water partition coefficient (Wildman–Crippen LogP) is 2.63. The van der Waals surface area contributed by atoms with Crippen molar-refractivity contribution in [1.82, 2.24) is 4.90 Å². The number of ether oxygens (including phenoxy) is 2. The highest BCUT2D eigenvalue weighted by Crippen LogP contribution is 2.25. The van der Waals surface area contributed by atoms with Crippen molar-refractivity contribution in [3.8, 4) is 11.5 Å². The molecule has 0 atom stereocenters. The summed E-state index contributed by atoms with van der Waals surface area (Å²) in [6, 6.07) is 16.1. The van der Waals surface area contributed by atoms with Crippen LogP contribution in [0.15, 0.2) is 48.5 Å². The molecule has 0 aromatic heterocycles. The number of likely N-dealkylation sites (tertiary alicyclic amines) is 1. The standard InChI is InChI=1S/C19H23NO3/c1-15-6-2-4-8-18(15)23-17-13-20(14-17)12-16-7-3-5-9-19(16)22-11-10-21/h2-9,17,21H,10-14H2,1H3. The summed E-state index contributed by atoms with van der Waals surface area (Å²) in [6.07, 6.45) is 0.252. The van der Waals surface area contributed by atoms with E-state index in [-0.39, 0.29) is 12.7 Å². The summed E-state index contributed by atoms with van der Waals surface area (Å²) < 4.78 is 11.6. The normalized spacial score (nSPS) is 15.2. The zero-order valence-corrected chi connectivity index (χ0v) is 13.4. The van der Waals surface area contributed by atoms with Gasteiger partial charge in [-0.15, -0.1) is 0 Å². The van der Waals surface area contributed by atoms with Gasteiger partial charge in [0.1, 0.15) is 24.2 Å². The highest BCUT2D eigenvalue weighted by molar-refractivity contribution is 5.34. The van der Waals surface area contributed by atoms with Crippen LogP contribution in [0.1, 0.15) is 11.1 Å². The van der Waals surface area contributed by atoms with Gasteiger partial charge in [0.2, 0.25) is 0 Å². The molecule has 0 spiro atoms. The number of benzene rings is 2. The molecule has 1 heterocycles. The number of nitrogens with zero attached hydrogens (tertiary/aromatic N) is 1. The number of aliphatic hydroxyl groups is 1. The topological polar surface area (TPSA) is 41.9 Å². The quantitative estimate of drug-likeness (QED) is 0.853. The summed E-state index contributed by atoms with van der Waals surface area (Å²) in [5.74, 6) is 1.83. The van der Waals surface area contributed by atoms with Crippen molar-refractivity contribution >= 4 is 0 Å². The third kappa shape index (κ3) is 4.03. The lowest BCUT2D eigenvalue weighted by Gasteiger charge is -2.39. The Morgan fingerprint density at radius 2 is 1.74 bits per heavy atom. The second-order valence-electron chi connectivity index (χ2n) is 5.88. The molecular weight excluding hydrogens is 290 g/mol. The first-order valence-corrected chi connectivity index (χ1v) is 8.02. The maximum Gasteiger partial charge on any atom is 0.124 e. The second kappa shape index (κ2) is 7.49. The molecule has 4 nitrogen and oxygen atoms in total. The predicted molar refractivity (Wildman–Crippen MR) is 89.9 cm³/mol. The van der Waals surface area contributed by atoms with Crippen LogP contribution in [-0.4, -0.2) is 42.4 Å². The first-order chi connectivity index (χ1) is 11.3. The molecule has 1 aliphatic heterocycles. The fourth-order valence-electron chi connectivity index (χ4n) is 2.77. The molecule has 1 aliphatic rings. The summed E-state index contributed by atoms with van der Waals surface area (Å²) >= 11 is 0. The van der Waals surface area contributed by atoms with Crippen molar-refractivity contribution < 1.29 is 14.6 Å². The van der Waals surface area contributed by atoms with Gasteiger partial charge < -0.3 is 14.6 Å². The number of aryl methyl sites for hydroxylation is 1. The number of hydrogen-bond donors (Lipinski definition) is 1. The van der Waals surface area contributed by atoms with E-state index >= 15 is 0 Å². The Morgan fingerprint density at radius 1 is 1.04 bits per heavy atom. The molecule has 1 fully saturated rings. The number of para-hydroxylation sites is 2. The van der Waals surface area contributed by atoms with Gasteiger partial charge in [-0.25, -0.2) is 0 Å². The highest BCUT2D eigenvalue weighted by atomic mass is 16.5. The Balaban J connectivity index is 1.52. The fourth-order valence-corrected chi connectivity index (χ4v) is 2.77. The summed E-state index contributed by atoms with van der Waals surface area (Å²) in [6.45, 7) is 5.11. The van der Waals surface area contributed by atoms with E-state index in [1.807, 2.05) is 36.4 Å². The Bertz CT molecular complexity index is 638. The van der Waals surface area contributed by atoms with Crippen LogP contribution in [0.25, 0.3) is 0 Å². The van der Waals surface area contributed by atoms with Crippen molar-refractivity contribution in [2.75, 3.05) is 26.3 Å². The van der Waals surface area contributed by atoms with Crippen LogP contribution in [-0.2, 0) is 6.54 Å². The molecule has 23 heavy (non-hydrogen) atoms. The van der Waals surface area contributed by atoms with Gasteiger partial charge in [-0.3, -0.25) is 4.90 Å². The summed E-state index contributed by atoms with van der Waals surface area (Å²) in [7, 11) is 0. The van der Waals surface area contributed by atoms with Crippen molar-refractivity contribution in [1.29, 1.82) is 0 Å². The van der Waals surface area contributed by atoms with Gasteiger partial charge in [-0.05, 0) is 24.6 Å². The molecule has 0 amide bonds. The minimum Gasteiger partial charge on any atom is -0.491 e. The van der Waals surface area contributed by atoms with E-state index < -0.39 is 0 Å². The largest absolute Gasteiger partial charge is 0.491 e. The van der Waals surface area contributed by atoms with Gasteiger partial charge in [-0.2, -0.15) is 0 Å². The summed E-state index contributed by atoms with van der Waals surface area (Å²) in [5.41, 5.74) is 2.32. The van der Waals surface area contributed by atoms with Crippen LogP contribution in [0.4, 0.5) is 0 Å². The highest BCUT2D eigenvalue weighted by Gasteiger charge is 2.29. The third-order valence-electron chi connectivity index (χ3n) is 4.03. The Morgan fingerprint density at radius 3 is 2.48 bits per heavy atom. The van der Waals surface area contributed by atoms with Crippen LogP contribution in [0, 0.1) is 6.92 Å². The summed E-state index contributed by atoms with van der Waals surface area (Å²) in [5, 5.41) is 8.90. The van der Waals surface area contributed by atoms with Gasteiger partial charge >= 0.3 is 0 Å². The molecule has 1 saturated heterocycles. The monoisotopic (exact) mass is 313 g/mol. The van der Waals surface area contributed by atoms with Crippen LogP contribution in [0.5, 0.6) is 11.5 Å². The molecule has 1 N–H and O–H groups in total. The SMILES string of the molecule is Cc1ccccc1OC1CN(Cc2ccccc2OCCO)C1. The minimum absolute atomic E-state index is 0.0321. The van der Waals surface area contributed by atoms with Crippen molar-refractivity contribution in [3.05, 3.63) is 59.7 Å². The van der Waals surface area contributed by atoms with Gasteiger partial charge in [0.25, 0.3) is 0 Å². The summed E-state index contributed by atoms with van der Waals surface area (Å²) in [4.78, 5) is 2.34. The molecule has 0 saturated carbocycles. The lowest BCUT2D eigenvalue weighted by molar-refractivity contribution is 0.0136. The third-order valence-corrected chi connectivity index (χ3v) is 4.03. The van der Waals surface area contributed by atoms with E-state index in [1.165, 1.54) is 5.56 Å². The lowest BCUT2D eigenvalue weighted by atomic mass is 10.1. The van der Waals surface area contributed by atoms with E-state index in [2.05, 4.69) is 24.0 Å². The Hall–Kier alpha value is -2.04. The number of rotatable bonds is 7. The van der Waals surface area contributed by atoms with E-state index in [9.17, 15) is 0 Å². The van der Waals surface area contributed by atoms with Crippen LogP contribution in [0.2, 0.25) is 0 Å². The van der Waals surface area contributed by atoms with Gasteiger partial charge in [-0.1, -0.05) is 36.4 Å². The Labute approximate surface area is 137 Å². The van der Waals surface area contributed by atoms with Gasteiger partial charge in [0.05, 0.1) is 6.61 Å². The van der Waals surface area contributed by atoms with Crippen LogP contribution >= 0.6 is 0 Å². The Kier molecular flexibility index (Phi) is 5.16. The number of hydrogen-bond acceptors (Lipinski definition) is 4. The molecule has 0 radical (unpaired) electrons. The van der Waals surface area contributed by atoms with E-state index in [1.54, 1.807) is 0 Å². The smallest absolute Gasteiger partial charge is 0.124 e. The van der Waals surface area contributed by atoms with Gasteiger partial charge in [0.15, 0.2) is 0 Å².